The van der Waals surface area contributed by atoms with Crippen molar-refractivity contribution >= 4 is 33.3 Å². The van der Waals surface area contributed by atoms with Crippen LogP contribution in [0, 0.1) is 11.7 Å². The summed E-state index contributed by atoms with van der Waals surface area (Å²) in [6, 6.07) is 4.70. The Balaban J connectivity index is 1.72. The molecule has 0 bridgehead atoms. The number of carbonyl (C=O) groups is 2. The lowest BCUT2D eigenvalue weighted by molar-refractivity contribution is -0.135. The van der Waals surface area contributed by atoms with Crippen LogP contribution >= 0.6 is 11.3 Å². The molecule has 3 rings (SSSR count). The van der Waals surface area contributed by atoms with Gasteiger partial charge in [0.2, 0.25) is 0 Å². The Hall–Kier alpha value is -1.99. The molecule has 5 nitrogen and oxygen atoms in total. The zero-order valence-corrected chi connectivity index (χ0v) is 15.7. The largest absolute Gasteiger partial charge is 0.451 e. The molecule has 7 heteroatoms. The number of halogens is 1. The first kappa shape index (κ1) is 18.8. The summed E-state index contributed by atoms with van der Waals surface area (Å²) >= 11 is 1.15. The molecule has 2 heterocycles. The summed E-state index contributed by atoms with van der Waals surface area (Å²) in [6.07, 6.45) is 1.93. The quantitative estimate of drug-likeness (QED) is 0.745. The molecule has 1 aromatic heterocycles. The molecule has 0 spiro atoms. The number of likely N-dealkylation sites (tertiary alicyclic amines) is 1. The molecule has 0 saturated carbocycles. The van der Waals surface area contributed by atoms with Gasteiger partial charge in [-0.05, 0) is 30.9 Å². The van der Waals surface area contributed by atoms with Gasteiger partial charge in [-0.2, -0.15) is 0 Å². The standard InChI is InChI=1S/C19H22FNO4S/c1-12-6-8-21(9-7-12)16(22)11-25-19(23)18-13(10-24-2)17-14(20)4-3-5-15(17)26-18/h3-5,12H,6-11H2,1-2H3. The highest BCUT2D eigenvalue weighted by molar-refractivity contribution is 7.21. The third-order valence-electron chi connectivity index (χ3n) is 4.70. The minimum Gasteiger partial charge on any atom is -0.451 e. The molecule has 1 aromatic carbocycles. The SMILES string of the molecule is COCc1c(C(=O)OCC(=O)N2CCC(C)CC2)sc2cccc(F)c12. The van der Waals surface area contributed by atoms with E-state index in [2.05, 4.69) is 6.92 Å². The molecular formula is C19H22FNO4S. The van der Waals surface area contributed by atoms with Crippen LogP contribution in [0.2, 0.25) is 0 Å². The highest BCUT2D eigenvalue weighted by Gasteiger charge is 2.24. The summed E-state index contributed by atoms with van der Waals surface area (Å²) in [5, 5.41) is 0.377. The number of nitrogens with zero attached hydrogens (tertiary/aromatic N) is 1. The first-order chi connectivity index (χ1) is 12.5. The molecule has 0 atom stereocenters. The highest BCUT2D eigenvalue weighted by atomic mass is 32.1. The first-order valence-electron chi connectivity index (χ1n) is 8.65. The minimum atomic E-state index is -0.614. The van der Waals surface area contributed by atoms with Crippen LogP contribution in [0.4, 0.5) is 4.39 Å². The van der Waals surface area contributed by atoms with Crippen LogP contribution in [-0.4, -0.2) is 43.6 Å². The highest BCUT2D eigenvalue weighted by Crippen LogP contribution is 2.34. The van der Waals surface area contributed by atoms with E-state index >= 15 is 0 Å². The van der Waals surface area contributed by atoms with E-state index < -0.39 is 11.8 Å². The monoisotopic (exact) mass is 379 g/mol. The Morgan fingerprint density at radius 2 is 2.04 bits per heavy atom. The molecule has 26 heavy (non-hydrogen) atoms. The van der Waals surface area contributed by atoms with E-state index in [1.807, 2.05) is 0 Å². The van der Waals surface area contributed by atoms with Crippen molar-refractivity contribution in [2.75, 3.05) is 26.8 Å². The van der Waals surface area contributed by atoms with Crippen molar-refractivity contribution < 1.29 is 23.5 Å². The molecule has 2 aromatic rings. The third-order valence-corrected chi connectivity index (χ3v) is 5.88. The summed E-state index contributed by atoms with van der Waals surface area (Å²) in [5.74, 6) is -0.586. The van der Waals surface area contributed by atoms with Gasteiger partial charge in [-0.15, -0.1) is 11.3 Å². The van der Waals surface area contributed by atoms with Crippen molar-refractivity contribution in [3.05, 3.63) is 34.5 Å². The fraction of sp³-hybridized carbons (Fsp3) is 0.474. The van der Waals surface area contributed by atoms with Gasteiger partial charge in [0, 0.05) is 35.8 Å². The Bertz CT molecular complexity index is 811. The zero-order valence-electron chi connectivity index (χ0n) is 14.9. The fourth-order valence-corrected chi connectivity index (χ4v) is 4.27. The van der Waals surface area contributed by atoms with Gasteiger partial charge in [0.1, 0.15) is 10.7 Å². The second-order valence-electron chi connectivity index (χ2n) is 6.60. The number of benzene rings is 1. The van der Waals surface area contributed by atoms with E-state index in [1.54, 1.807) is 17.0 Å². The lowest BCUT2D eigenvalue weighted by Gasteiger charge is -2.30. The van der Waals surface area contributed by atoms with Crippen LogP contribution in [0.3, 0.4) is 0 Å². The molecular weight excluding hydrogens is 357 g/mol. The maximum atomic E-state index is 14.2. The van der Waals surface area contributed by atoms with E-state index in [1.165, 1.54) is 13.2 Å². The molecule has 1 fully saturated rings. The molecule has 1 amide bonds. The van der Waals surface area contributed by atoms with E-state index in [0.717, 1.165) is 24.2 Å². The average molecular weight is 379 g/mol. The van der Waals surface area contributed by atoms with Gasteiger partial charge in [-0.25, -0.2) is 9.18 Å². The number of carbonyl (C=O) groups excluding carboxylic acids is 2. The number of hydrogen-bond donors (Lipinski definition) is 0. The van der Waals surface area contributed by atoms with E-state index in [-0.39, 0.29) is 24.0 Å². The third kappa shape index (κ3) is 3.88. The van der Waals surface area contributed by atoms with Crippen molar-refractivity contribution in [1.82, 2.24) is 4.90 Å². The number of fused-ring (bicyclic) bond motifs is 1. The number of amides is 1. The van der Waals surface area contributed by atoms with Crippen LogP contribution in [0.25, 0.3) is 10.1 Å². The van der Waals surface area contributed by atoms with Crippen LogP contribution in [-0.2, 0) is 20.9 Å². The smallest absolute Gasteiger partial charge is 0.349 e. The van der Waals surface area contributed by atoms with Gasteiger partial charge >= 0.3 is 5.97 Å². The molecule has 1 saturated heterocycles. The molecule has 1 aliphatic rings. The predicted octanol–water partition coefficient (Wildman–Crippen LogP) is 3.60. The normalized spacial score (nSPS) is 15.4. The van der Waals surface area contributed by atoms with Gasteiger partial charge in [-0.1, -0.05) is 13.0 Å². The predicted molar refractivity (Wildman–Crippen MR) is 97.8 cm³/mol. The van der Waals surface area contributed by atoms with E-state index in [0.29, 0.717) is 34.7 Å². The van der Waals surface area contributed by atoms with Gasteiger partial charge in [0.05, 0.1) is 6.61 Å². The van der Waals surface area contributed by atoms with Crippen LogP contribution < -0.4 is 0 Å². The van der Waals surface area contributed by atoms with Gasteiger partial charge in [-0.3, -0.25) is 4.79 Å². The van der Waals surface area contributed by atoms with Crippen molar-refractivity contribution in [1.29, 1.82) is 0 Å². The maximum Gasteiger partial charge on any atom is 0.349 e. The maximum absolute atomic E-state index is 14.2. The molecule has 0 aliphatic carbocycles. The second kappa shape index (κ2) is 8.14. The van der Waals surface area contributed by atoms with Crippen molar-refractivity contribution in [2.45, 2.75) is 26.4 Å². The Labute approximate surface area is 155 Å². The summed E-state index contributed by atoms with van der Waals surface area (Å²) < 4.78 is 25.2. The summed E-state index contributed by atoms with van der Waals surface area (Å²) in [4.78, 5) is 26.8. The van der Waals surface area contributed by atoms with Crippen LogP contribution in [0.1, 0.15) is 35.0 Å². The minimum absolute atomic E-state index is 0.101. The molecule has 0 unspecified atom stereocenters. The molecule has 0 radical (unpaired) electrons. The molecule has 0 N–H and O–H groups in total. The number of piperidine rings is 1. The van der Waals surface area contributed by atoms with E-state index in [9.17, 15) is 14.0 Å². The van der Waals surface area contributed by atoms with Gasteiger partial charge < -0.3 is 14.4 Å². The number of esters is 1. The van der Waals surface area contributed by atoms with Crippen LogP contribution in [0.15, 0.2) is 18.2 Å². The Morgan fingerprint density at radius 1 is 1.31 bits per heavy atom. The fourth-order valence-electron chi connectivity index (χ4n) is 3.16. The number of thiophene rings is 1. The van der Waals surface area contributed by atoms with E-state index in [4.69, 9.17) is 9.47 Å². The Kier molecular flexibility index (Phi) is 5.88. The lowest BCUT2D eigenvalue weighted by Crippen LogP contribution is -2.40. The van der Waals surface area contributed by atoms with Crippen molar-refractivity contribution in [3.63, 3.8) is 0 Å². The average Bonchev–Trinajstić information content (AvgIpc) is 3.00. The number of methoxy groups -OCH3 is 1. The summed E-state index contributed by atoms with van der Waals surface area (Å²) in [7, 11) is 1.49. The first-order valence-corrected chi connectivity index (χ1v) is 9.46. The molecule has 140 valence electrons. The number of ether oxygens (including phenoxy) is 2. The number of hydrogen-bond acceptors (Lipinski definition) is 5. The van der Waals surface area contributed by atoms with Crippen molar-refractivity contribution in [2.24, 2.45) is 5.92 Å². The Morgan fingerprint density at radius 3 is 2.73 bits per heavy atom. The topological polar surface area (TPSA) is 55.8 Å². The summed E-state index contributed by atoms with van der Waals surface area (Å²) in [5.41, 5.74) is 0.467. The lowest BCUT2D eigenvalue weighted by atomic mass is 9.99. The zero-order chi connectivity index (χ0) is 18.7. The van der Waals surface area contributed by atoms with Crippen molar-refractivity contribution in [3.8, 4) is 0 Å². The van der Waals surface area contributed by atoms with Gasteiger partial charge in [0.15, 0.2) is 6.61 Å². The summed E-state index contributed by atoms with van der Waals surface area (Å²) in [6.45, 7) is 3.36. The van der Waals surface area contributed by atoms with Gasteiger partial charge in [0.25, 0.3) is 5.91 Å². The second-order valence-corrected chi connectivity index (χ2v) is 7.65. The van der Waals surface area contributed by atoms with Crippen LogP contribution in [0.5, 0.6) is 0 Å². The number of rotatable bonds is 5. The molecule has 1 aliphatic heterocycles.